The summed E-state index contributed by atoms with van der Waals surface area (Å²) in [5, 5.41) is 0.414. The van der Waals surface area contributed by atoms with Crippen LogP contribution in [0.15, 0.2) is 42.6 Å². The predicted molar refractivity (Wildman–Crippen MR) is 91.8 cm³/mol. The van der Waals surface area contributed by atoms with Crippen LogP contribution in [0.2, 0.25) is 0 Å². The lowest BCUT2D eigenvalue weighted by molar-refractivity contribution is -0.137. The fourth-order valence-corrected chi connectivity index (χ4v) is 2.65. The molecule has 5 nitrogen and oxygen atoms in total. The van der Waals surface area contributed by atoms with Gasteiger partial charge in [-0.05, 0) is 44.1 Å². The zero-order chi connectivity index (χ0) is 16.7. The molecule has 1 aromatic rings. The number of benzene rings is 1. The van der Waals surface area contributed by atoms with Gasteiger partial charge in [0.1, 0.15) is 0 Å². The van der Waals surface area contributed by atoms with Crippen LogP contribution in [-0.4, -0.2) is 46.5 Å². The Bertz CT molecular complexity index is 595. The van der Waals surface area contributed by atoms with Gasteiger partial charge in [0.05, 0.1) is 6.61 Å². The van der Waals surface area contributed by atoms with Crippen molar-refractivity contribution in [2.45, 2.75) is 19.8 Å². The number of carbonyl (C=O) groups excluding carboxylic acids is 2. The molecule has 0 saturated carbocycles. The van der Waals surface area contributed by atoms with Crippen LogP contribution in [0.25, 0.3) is 0 Å². The van der Waals surface area contributed by atoms with E-state index in [9.17, 15) is 9.59 Å². The number of carbonyl (C=O) groups is 2. The Labute approximate surface area is 141 Å². The van der Waals surface area contributed by atoms with Gasteiger partial charge < -0.3 is 9.64 Å². The highest BCUT2D eigenvalue weighted by molar-refractivity contribution is 7.80. The largest absolute Gasteiger partial charge is 0.463 e. The number of likely N-dealkylation sites (tertiary alicyclic amines) is 1. The van der Waals surface area contributed by atoms with Crippen LogP contribution in [0.3, 0.4) is 0 Å². The standard InChI is InChI=1S/C17H20N2O3S/c1-2-22-15(20)10-13-19(17(23)18-11-6-7-12-18)16(21)14-8-4-3-5-9-14/h3-5,8-10,13H,2,6-7,11-12H2,1H3/b13-10+. The first-order chi connectivity index (χ1) is 11.1. The fourth-order valence-electron chi connectivity index (χ4n) is 2.32. The monoisotopic (exact) mass is 332 g/mol. The van der Waals surface area contributed by atoms with Crippen LogP contribution < -0.4 is 0 Å². The molecule has 122 valence electrons. The number of amides is 1. The third kappa shape index (κ3) is 4.63. The average Bonchev–Trinajstić information content (AvgIpc) is 3.10. The van der Waals surface area contributed by atoms with Crippen molar-refractivity contribution in [3.8, 4) is 0 Å². The van der Waals surface area contributed by atoms with Crippen LogP contribution >= 0.6 is 12.2 Å². The maximum Gasteiger partial charge on any atom is 0.332 e. The van der Waals surface area contributed by atoms with Crippen LogP contribution in [0.1, 0.15) is 30.1 Å². The Balaban J connectivity index is 2.21. The molecular formula is C17H20N2O3S. The molecule has 1 fully saturated rings. The molecule has 1 aromatic carbocycles. The fraction of sp³-hybridized carbons (Fsp3) is 0.353. The number of thiocarbonyl (C=S) groups is 1. The van der Waals surface area contributed by atoms with Crippen molar-refractivity contribution in [1.29, 1.82) is 0 Å². The first kappa shape index (κ1) is 17.1. The van der Waals surface area contributed by atoms with Crippen molar-refractivity contribution in [1.82, 2.24) is 9.80 Å². The van der Waals surface area contributed by atoms with Crippen molar-refractivity contribution in [2.24, 2.45) is 0 Å². The molecule has 1 aliphatic rings. The highest BCUT2D eigenvalue weighted by Crippen LogP contribution is 2.14. The van der Waals surface area contributed by atoms with Gasteiger partial charge in [0.25, 0.3) is 5.91 Å². The number of hydrogen-bond donors (Lipinski definition) is 0. The summed E-state index contributed by atoms with van der Waals surface area (Å²) in [7, 11) is 0. The third-order valence-corrected chi connectivity index (χ3v) is 3.92. The summed E-state index contributed by atoms with van der Waals surface area (Å²) in [6.45, 7) is 3.66. The van der Waals surface area contributed by atoms with Gasteiger partial charge in [-0.1, -0.05) is 18.2 Å². The van der Waals surface area contributed by atoms with E-state index in [0.29, 0.717) is 10.7 Å². The van der Waals surface area contributed by atoms with Gasteiger partial charge in [-0.15, -0.1) is 0 Å². The number of ether oxygens (including phenoxy) is 1. The molecule has 0 N–H and O–H groups in total. The molecule has 0 atom stereocenters. The SMILES string of the molecule is CCOC(=O)/C=C/N(C(=O)c1ccccc1)C(=S)N1CCCC1. The van der Waals surface area contributed by atoms with E-state index >= 15 is 0 Å². The van der Waals surface area contributed by atoms with Gasteiger partial charge in [0.2, 0.25) is 0 Å². The lowest BCUT2D eigenvalue weighted by Crippen LogP contribution is -2.42. The van der Waals surface area contributed by atoms with E-state index in [0.717, 1.165) is 25.9 Å². The molecule has 1 aliphatic heterocycles. The van der Waals surface area contributed by atoms with Crippen molar-refractivity contribution in [2.75, 3.05) is 19.7 Å². The summed E-state index contributed by atoms with van der Waals surface area (Å²) in [4.78, 5) is 27.6. The van der Waals surface area contributed by atoms with Crippen LogP contribution in [0.5, 0.6) is 0 Å². The topological polar surface area (TPSA) is 49.9 Å². The van der Waals surface area contributed by atoms with Crippen LogP contribution in [0, 0.1) is 0 Å². The summed E-state index contributed by atoms with van der Waals surface area (Å²) in [6.07, 6.45) is 4.73. The molecule has 23 heavy (non-hydrogen) atoms. The van der Waals surface area contributed by atoms with Gasteiger partial charge in [0.15, 0.2) is 5.11 Å². The second kappa shape index (κ2) is 8.43. The zero-order valence-electron chi connectivity index (χ0n) is 13.1. The Hall–Kier alpha value is -2.21. The molecule has 2 rings (SSSR count). The van der Waals surface area contributed by atoms with Gasteiger partial charge in [-0.3, -0.25) is 9.69 Å². The highest BCUT2D eigenvalue weighted by Gasteiger charge is 2.24. The lowest BCUT2D eigenvalue weighted by atomic mass is 10.2. The molecular weight excluding hydrogens is 312 g/mol. The lowest BCUT2D eigenvalue weighted by Gasteiger charge is -2.26. The summed E-state index contributed by atoms with van der Waals surface area (Å²) in [5.41, 5.74) is 0.516. The number of nitrogens with zero attached hydrogens (tertiary/aromatic N) is 2. The second-order valence-corrected chi connectivity index (χ2v) is 5.45. The van der Waals surface area contributed by atoms with E-state index in [1.807, 2.05) is 11.0 Å². The maximum absolute atomic E-state index is 12.7. The minimum Gasteiger partial charge on any atom is -0.463 e. The van der Waals surface area contributed by atoms with Crippen LogP contribution in [-0.2, 0) is 9.53 Å². The Morgan fingerprint density at radius 3 is 2.52 bits per heavy atom. The van der Waals surface area contributed by atoms with Crippen LogP contribution in [0.4, 0.5) is 0 Å². The molecule has 0 bridgehead atoms. The van der Waals surface area contributed by atoms with E-state index in [2.05, 4.69) is 0 Å². The van der Waals surface area contributed by atoms with E-state index in [4.69, 9.17) is 17.0 Å². The molecule has 1 saturated heterocycles. The van der Waals surface area contributed by atoms with Crippen molar-refractivity contribution >= 4 is 29.2 Å². The Kier molecular flexibility index (Phi) is 6.29. The molecule has 0 radical (unpaired) electrons. The minimum absolute atomic E-state index is 0.261. The quantitative estimate of drug-likeness (QED) is 0.482. The molecule has 6 heteroatoms. The highest BCUT2D eigenvalue weighted by atomic mass is 32.1. The predicted octanol–water partition coefficient (Wildman–Crippen LogP) is 2.59. The van der Waals surface area contributed by atoms with Gasteiger partial charge in [0, 0.05) is 30.9 Å². The van der Waals surface area contributed by atoms with E-state index in [1.165, 1.54) is 17.2 Å². The van der Waals surface area contributed by atoms with Gasteiger partial charge >= 0.3 is 5.97 Å². The summed E-state index contributed by atoms with van der Waals surface area (Å²) >= 11 is 5.46. The Morgan fingerprint density at radius 2 is 1.91 bits per heavy atom. The first-order valence-electron chi connectivity index (χ1n) is 7.66. The molecule has 1 heterocycles. The minimum atomic E-state index is -0.498. The van der Waals surface area contributed by atoms with Gasteiger partial charge in [-0.2, -0.15) is 0 Å². The zero-order valence-corrected chi connectivity index (χ0v) is 13.9. The summed E-state index contributed by atoms with van der Waals surface area (Å²) in [5.74, 6) is -0.759. The third-order valence-electron chi connectivity index (χ3n) is 3.47. The summed E-state index contributed by atoms with van der Waals surface area (Å²) < 4.78 is 4.86. The normalized spacial score (nSPS) is 14.0. The van der Waals surface area contributed by atoms with Crippen molar-refractivity contribution in [3.63, 3.8) is 0 Å². The molecule has 0 unspecified atom stereocenters. The Morgan fingerprint density at radius 1 is 1.26 bits per heavy atom. The van der Waals surface area contributed by atoms with E-state index in [-0.39, 0.29) is 12.5 Å². The van der Waals surface area contributed by atoms with Crippen molar-refractivity contribution in [3.05, 3.63) is 48.2 Å². The number of rotatable bonds is 4. The van der Waals surface area contributed by atoms with Gasteiger partial charge in [-0.25, -0.2) is 4.79 Å². The first-order valence-corrected chi connectivity index (χ1v) is 8.06. The molecule has 0 spiro atoms. The van der Waals surface area contributed by atoms with E-state index in [1.54, 1.807) is 31.2 Å². The average molecular weight is 332 g/mol. The molecule has 0 aliphatic carbocycles. The smallest absolute Gasteiger partial charge is 0.332 e. The summed E-state index contributed by atoms with van der Waals surface area (Å²) in [6, 6.07) is 8.87. The second-order valence-electron chi connectivity index (χ2n) is 5.09. The van der Waals surface area contributed by atoms with E-state index < -0.39 is 5.97 Å². The number of hydrogen-bond acceptors (Lipinski definition) is 4. The maximum atomic E-state index is 12.7. The number of esters is 1. The molecule has 1 amide bonds. The van der Waals surface area contributed by atoms with Crippen molar-refractivity contribution < 1.29 is 14.3 Å². The molecule has 0 aromatic heterocycles.